The van der Waals surface area contributed by atoms with Gasteiger partial charge in [-0.05, 0) is 59.0 Å². The highest BCUT2D eigenvalue weighted by Crippen LogP contribution is 2.38. The molecule has 0 radical (unpaired) electrons. The zero-order valence-electron chi connectivity index (χ0n) is 21.6. The van der Waals surface area contributed by atoms with Crippen molar-refractivity contribution in [2.75, 3.05) is 20.3 Å². The summed E-state index contributed by atoms with van der Waals surface area (Å²) in [5.74, 6) is 2.40. The van der Waals surface area contributed by atoms with Crippen molar-refractivity contribution in [3.8, 4) is 17.2 Å². The molecule has 1 aliphatic heterocycles. The maximum atomic E-state index is 6.12. The van der Waals surface area contributed by atoms with Crippen molar-refractivity contribution < 1.29 is 14.2 Å². The normalized spacial score (nSPS) is 14.7. The van der Waals surface area contributed by atoms with Crippen LogP contribution >= 0.6 is 0 Å². The quantitative estimate of drug-likeness (QED) is 0.237. The third-order valence-electron chi connectivity index (χ3n) is 7.18. The molecule has 5 aromatic rings. The van der Waals surface area contributed by atoms with Gasteiger partial charge in [0.05, 0.1) is 19.8 Å². The van der Waals surface area contributed by atoms with Gasteiger partial charge in [-0.3, -0.25) is 0 Å². The van der Waals surface area contributed by atoms with Crippen LogP contribution in [0.4, 0.5) is 0 Å². The van der Waals surface area contributed by atoms with Crippen LogP contribution in [0.2, 0.25) is 0 Å². The monoisotopic (exact) mass is 504 g/mol. The number of benzene rings is 4. The average Bonchev–Trinajstić information content (AvgIpc) is 3.35. The molecule has 0 aliphatic carbocycles. The Morgan fingerprint density at radius 2 is 1.58 bits per heavy atom. The Morgan fingerprint density at radius 3 is 2.37 bits per heavy atom. The molecule has 0 fully saturated rings. The average molecular weight is 505 g/mol. The highest BCUT2D eigenvalue weighted by atomic mass is 16.5. The summed E-state index contributed by atoms with van der Waals surface area (Å²) in [7, 11) is 1.70. The predicted octanol–water partition coefficient (Wildman–Crippen LogP) is 6.61. The van der Waals surface area contributed by atoms with E-state index >= 15 is 0 Å². The molecule has 4 aromatic carbocycles. The number of H-pyrrole nitrogens is 1. The molecule has 1 aromatic heterocycles. The number of hydrogen-bond donors (Lipinski definition) is 2. The van der Waals surface area contributed by atoms with Gasteiger partial charge in [-0.2, -0.15) is 0 Å². The largest absolute Gasteiger partial charge is 0.493 e. The van der Waals surface area contributed by atoms with E-state index in [1.54, 1.807) is 7.11 Å². The van der Waals surface area contributed by atoms with Crippen molar-refractivity contribution in [2.24, 2.45) is 0 Å². The standard InChI is InChI=1S/C33H32N2O3/c1-36-31-20-25(12-15-30(31)37-19-17-23-8-4-2-5-9-23)32-33-27(16-18-34-32)28-21-26(13-14-29(28)35-33)38-22-24-10-6-3-7-11-24/h2-15,20-21,32,34-35H,16-19,22H2,1H3. The van der Waals surface area contributed by atoms with Crippen LogP contribution in [0.25, 0.3) is 10.9 Å². The number of aromatic nitrogens is 1. The van der Waals surface area contributed by atoms with Gasteiger partial charge in [0.15, 0.2) is 11.5 Å². The van der Waals surface area contributed by atoms with E-state index in [4.69, 9.17) is 14.2 Å². The molecule has 192 valence electrons. The number of nitrogens with one attached hydrogen (secondary N) is 2. The maximum Gasteiger partial charge on any atom is 0.161 e. The molecule has 1 atom stereocenters. The number of rotatable bonds is 9. The molecule has 0 amide bonds. The Labute approximate surface area is 223 Å². The summed E-state index contributed by atoms with van der Waals surface area (Å²) in [6.07, 6.45) is 1.82. The molecule has 2 N–H and O–H groups in total. The third kappa shape index (κ3) is 5.11. The van der Waals surface area contributed by atoms with E-state index in [0.29, 0.717) is 13.2 Å². The van der Waals surface area contributed by atoms with Gasteiger partial charge in [-0.1, -0.05) is 66.7 Å². The smallest absolute Gasteiger partial charge is 0.161 e. The number of methoxy groups -OCH3 is 1. The fourth-order valence-corrected chi connectivity index (χ4v) is 5.23. The van der Waals surface area contributed by atoms with E-state index in [1.165, 1.54) is 22.2 Å². The van der Waals surface area contributed by atoms with Crippen LogP contribution in [0.5, 0.6) is 17.2 Å². The van der Waals surface area contributed by atoms with Gasteiger partial charge in [-0.15, -0.1) is 0 Å². The van der Waals surface area contributed by atoms with Crippen LogP contribution in [-0.2, 0) is 19.4 Å². The van der Waals surface area contributed by atoms with Crippen molar-refractivity contribution in [2.45, 2.75) is 25.5 Å². The van der Waals surface area contributed by atoms with E-state index in [-0.39, 0.29) is 6.04 Å². The maximum absolute atomic E-state index is 6.12. The lowest BCUT2D eigenvalue weighted by atomic mass is 9.94. The van der Waals surface area contributed by atoms with Gasteiger partial charge in [0.2, 0.25) is 0 Å². The van der Waals surface area contributed by atoms with Crippen molar-refractivity contribution >= 4 is 10.9 Å². The van der Waals surface area contributed by atoms with Gasteiger partial charge < -0.3 is 24.5 Å². The number of fused-ring (bicyclic) bond motifs is 3. The van der Waals surface area contributed by atoms with E-state index in [9.17, 15) is 0 Å². The number of aromatic amines is 1. The molecule has 5 heteroatoms. The van der Waals surface area contributed by atoms with Crippen molar-refractivity contribution in [3.63, 3.8) is 0 Å². The van der Waals surface area contributed by atoms with Crippen molar-refractivity contribution in [1.29, 1.82) is 0 Å². The minimum atomic E-state index is 0.0482. The number of hydrogen-bond acceptors (Lipinski definition) is 4. The molecule has 1 unspecified atom stereocenters. The van der Waals surface area contributed by atoms with Crippen LogP contribution in [0.1, 0.15) is 34.0 Å². The summed E-state index contributed by atoms with van der Waals surface area (Å²) in [6, 6.07) is 33.3. The minimum Gasteiger partial charge on any atom is -0.493 e. The Kier molecular flexibility index (Phi) is 7.01. The topological polar surface area (TPSA) is 55.5 Å². The van der Waals surface area contributed by atoms with Gasteiger partial charge >= 0.3 is 0 Å². The molecule has 6 rings (SSSR count). The third-order valence-corrected chi connectivity index (χ3v) is 7.18. The lowest BCUT2D eigenvalue weighted by molar-refractivity contribution is 0.297. The fourth-order valence-electron chi connectivity index (χ4n) is 5.23. The summed E-state index contributed by atoms with van der Waals surface area (Å²) in [4.78, 5) is 3.68. The van der Waals surface area contributed by atoms with Crippen molar-refractivity contribution in [1.82, 2.24) is 10.3 Å². The molecule has 0 saturated heterocycles. The fraction of sp³-hybridized carbons (Fsp3) is 0.212. The van der Waals surface area contributed by atoms with Crippen LogP contribution in [0.15, 0.2) is 97.1 Å². The Morgan fingerprint density at radius 1 is 0.789 bits per heavy atom. The molecular formula is C33H32N2O3. The first-order valence-corrected chi connectivity index (χ1v) is 13.2. The van der Waals surface area contributed by atoms with Crippen LogP contribution in [-0.4, -0.2) is 25.2 Å². The van der Waals surface area contributed by atoms with Crippen LogP contribution < -0.4 is 19.5 Å². The first kappa shape index (κ1) is 24.1. The van der Waals surface area contributed by atoms with E-state index in [2.05, 4.69) is 71.0 Å². The van der Waals surface area contributed by atoms with E-state index in [0.717, 1.165) is 53.3 Å². The highest BCUT2D eigenvalue weighted by molar-refractivity contribution is 5.86. The second-order valence-corrected chi connectivity index (χ2v) is 9.63. The van der Waals surface area contributed by atoms with E-state index in [1.807, 2.05) is 36.4 Å². The van der Waals surface area contributed by atoms with Gasteiger partial charge in [0.1, 0.15) is 12.4 Å². The molecule has 1 aliphatic rings. The lowest BCUT2D eigenvalue weighted by Crippen LogP contribution is -2.30. The molecule has 2 heterocycles. The highest BCUT2D eigenvalue weighted by Gasteiger charge is 2.26. The lowest BCUT2D eigenvalue weighted by Gasteiger charge is -2.25. The van der Waals surface area contributed by atoms with Gasteiger partial charge in [0, 0.05) is 29.6 Å². The summed E-state index contributed by atoms with van der Waals surface area (Å²) >= 11 is 0. The van der Waals surface area contributed by atoms with Crippen LogP contribution in [0.3, 0.4) is 0 Å². The zero-order valence-corrected chi connectivity index (χ0v) is 21.6. The van der Waals surface area contributed by atoms with Crippen LogP contribution in [0, 0.1) is 0 Å². The summed E-state index contributed by atoms with van der Waals surface area (Å²) in [5, 5.41) is 4.92. The molecule has 5 nitrogen and oxygen atoms in total. The second-order valence-electron chi connectivity index (χ2n) is 9.63. The molecule has 0 saturated carbocycles. The SMILES string of the molecule is COc1cc(C2NCCc3c2[nH]c2ccc(OCc4ccccc4)cc32)ccc1OCCc1ccccc1. The Balaban J connectivity index is 1.21. The van der Waals surface area contributed by atoms with E-state index < -0.39 is 0 Å². The Bertz CT molecular complexity index is 1510. The predicted molar refractivity (Wildman–Crippen MR) is 151 cm³/mol. The summed E-state index contributed by atoms with van der Waals surface area (Å²) in [5.41, 5.74) is 7.24. The van der Waals surface area contributed by atoms with Crippen molar-refractivity contribution in [3.05, 3.63) is 125 Å². The second kappa shape index (κ2) is 11.0. The zero-order chi connectivity index (χ0) is 25.7. The minimum absolute atomic E-state index is 0.0482. The molecule has 0 spiro atoms. The molecule has 0 bridgehead atoms. The number of ether oxygens (including phenoxy) is 3. The van der Waals surface area contributed by atoms with Gasteiger partial charge in [0.25, 0.3) is 0 Å². The summed E-state index contributed by atoms with van der Waals surface area (Å²) in [6.45, 7) is 2.06. The first-order chi connectivity index (χ1) is 18.8. The summed E-state index contributed by atoms with van der Waals surface area (Å²) < 4.78 is 17.9. The Hall–Kier alpha value is -4.22. The first-order valence-electron chi connectivity index (χ1n) is 13.2. The molecule has 38 heavy (non-hydrogen) atoms. The van der Waals surface area contributed by atoms with Gasteiger partial charge in [-0.25, -0.2) is 0 Å². The molecular weight excluding hydrogens is 472 g/mol.